The van der Waals surface area contributed by atoms with E-state index in [1.54, 1.807) is 13.8 Å². The number of hydrogen-bond acceptors (Lipinski definition) is 5. The molecule has 0 aliphatic carbocycles. The second-order valence-electron chi connectivity index (χ2n) is 3.32. The molecule has 0 atom stereocenters. The van der Waals surface area contributed by atoms with Crippen LogP contribution in [0.2, 0.25) is 0 Å². The molecule has 0 rings (SSSR count). The van der Waals surface area contributed by atoms with Gasteiger partial charge in [0.2, 0.25) is 0 Å². The summed E-state index contributed by atoms with van der Waals surface area (Å²) in [4.78, 5) is 11.5. The van der Waals surface area contributed by atoms with Crippen LogP contribution in [0, 0.1) is 0 Å². The molecule has 6 heteroatoms. The van der Waals surface area contributed by atoms with Crippen molar-refractivity contribution in [2.75, 3.05) is 26.0 Å². The first-order chi connectivity index (χ1) is 7.58. The van der Waals surface area contributed by atoms with E-state index in [4.69, 9.17) is 14.2 Å². The minimum Gasteiger partial charge on any atom is -0.396 e. The number of ketones is 1. The molecule has 16 heavy (non-hydrogen) atoms. The summed E-state index contributed by atoms with van der Waals surface area (Å²) in [5.74, 6) is -0.140. The maximum absolute atomic E-state index is 11.9. The molecule has 0 aromatic carbocycles. The van der Waals surface area contributed by atoms with Gasteiger partial charge < -0.3 is 14.2 Å². The fourth-order valence-electron chi connectivity index (χ4n) is 1.25. The third kappa shape index (κ3) is 7.12. The van der Waals surface area contributed by atoms with Crippen LogP contribution in [0.5, 0.6) is 0 Å². The van der Waals surface area contributed by atoms with Crippen molar-refractivity contribution in [2.45, 2.75) is 33.1 Å². The van der Waals surface area contributed by atoms with Gasteiger partial charge in [-0.2, -0.15) is 0 Å². The van der Waals surface area contributed by atoms with Crippen molar-refractivity contribution in [3.63, 3.8) is 0 Å². The van der Waals surface area contributed by atoms with Gasteiger partial charge in [0, 0.05) is 13.0 Å². The third-order valence-corrected chi connectivity index (χ3v) is 3.93. The van der Waals surface area contributed by atoms with Gasteiger partial charge in [-0.1, -0.05) is 0 Å². The number of carbonyl (C=O) groups is 1. The number of Topliss-reactive ketones (excluding diaryl/α,β-unsaturated/α-hetero) is 1. The van der Waals surface area contributed by atoms with E-state index in [1.165, 1.54) is 0 Å². The number of rotatable bonds is 10. The van der Waals surface area contributed by atoms with Crippen LogP contribution >= 0.6 is 7.60 Å². The Bertz CT molecular complexity index is 231. The van der Waals surface area contributed by atoms with Gasteiger partial charge in [0.05, 0.1) is 13.2 Å². The summed E-state index contributed by atoms with van der Waals surface area (Å²) in [5, 5.41) is 8.56. The fraction of sp³-hybridized carbons (Fsp3) is 0.900. The van der Waals surface area contributed by atoms with Crippen LogP contribution < -0.4 is 0 Å². The van der Waals surface area contributed by atoms with Gasteiger partial charge in [0.1, 0.15) is 11.9 Å². The largest absolute Gasteiger partial charge is 0.396 e. The van der Waals surface area contributed by atoms with E-state index in [1.807, 2.05) is 0 Å². The van der Waals surface area contributed by atoms with E-state index < -0.39 is 7.60 Å². The molecule has 0 aliphatic heterocycles. The Morgan fingerprint density at radius 1 is 1.19 bits per heavy atom. The van der Waals surface area contributed by atoms with Crippen molar-refractivity contribution in [2.24, 2.45) is 0 Å². The normalized spacial score (nSPS) is 11.7. The molecule has 0 aliphatic rings. The molecule has 0 amide bonds. The Balaban J connectivity index is 4.07. The van der Waals surface area contributed by atoms with E-state index in [-0.39, 0.29) is 31.8 Å². The van der Waals surface area contributed by atoms with Gasteiger partial charge in [0.15, 0.2) is 0 Å². The van der Waals surface area contributed by atoms with Crippen molar-refractivity contribution in [1.82, 2.24) is 0 Å². The molecule has 0 heterocycles. The maximum Gasteiger partial charge on any atom is 0.338 e. The predicted octanol–water partition coefficient (Wildman–Crippen LogP) is 1.98. The lowest BCUT2D eigenvalue weighted by molar-refractivity contribution is -0.117. The molecule has 96 valence electrons. The lowest BCUT2D eigenvalue weighted by Gasteiger charge is -2.15. The molecular weight excluding hydrogens is 231 g/mol. The number of carbonyl (C=O) groups excluding carboxylic acids is 1. The molecular formula is C10H21O5P. The van der Waals surface area contributed by atoms with Gasteiger partial charge in [0.25, 0.3) is 0 Å². The first-order valence-electron chi connectivity index (χ1n) is 5.58. The van der Waals surface area contributed by atoms with Crippen molar-refractivity contribution < 1.29 is 23.5 Å². The Hall–Kier alpha value is -0.220. The highest BCUT2D eigenvalue weighted by Crippen LogP contribution is 2.47. The van der Waals surface area contributed by atoms with Crippen molar-refractivity contribution in [3.05, 3.63) is 0 Å². The summed E-state index contributed by atoms with van der Waals surface area (Å²) in [7, 11) is -3.24. The second-order valence-corrected chi connectivity index (χ2v) is 5.38. The van der Waals surface area contributed by atoms with E-state index in [0.29, 0.717) is 19.3 Å². The topological polar surface area (TPSA) is 72.8 Å². The van der Waals surface area contributed by atoms with Crippen LogP contribution in [0.1, 0.15) is 33.1 Å². The van der Waals surface area contributed by atoms with E-state index in [0.717, 1.165) is 0 Å². The zero-order valence-electron chi connectivity index (χ0n) is 9.98. The number of aliphatic hydroxyl groups excluding tert-OH is 1. The smallest absolute Gasteiger partial charge is 0.338 e. The number of unbranched alkanes of at least 4 members (excludes halogenated alkanes) is 1. The Labute approximate surface area is 96.7 Å². The van der Waals surface area contributed by atoms with Crippen molar-refractivity contribution >= 4 is 13.4 Å². The molecule has 0 saturated carbocycles. The molecule has 0 unspecified atom stereocenters. The minimum absolute atomic E-state index is 0.0713. The van der Waals surface area contributed by atoms with Gasteiger partial charge in [-0.25, -0.2) is 0 Å². The highest BCUT2D eigenvalue weighted by Gasteiger charge is 2.26. The van der Waals surface area contributed by atoms with Crippen LogP contribution in [0.15, 0.2) is 0 Å². The summed E-state index contributed by atoms with van der Waals surface area (Å²) >= 11 is 0. The zero-order chi connectivity index (χ0) is 12.4. The SMILES string of the molecule is CCOP(=O)(CC(=O)CCCCO)OCC. The first kappa shape index (κ1) is 15.8. The van der Waals surface area contributed by atoms with Crippen molar-refractivity contribution in [1.29, 1.82) is 0 Å². The lowest BCUT2D eigenvalue weighted by atomic mass is 10.2. The average Bonchev–Trinajstić information content (AvgIpc) is 2.18. The summed E-state index contributed by atoms with van der Waals surface area (Å²) in [5.41, 5.74) is 0. The van der Waals surface area contributed by atoms with Gasteiger partial charge in [-0.15, -0.1) is 0 Å². The maximum atomic E-state index is 11.9. The monoisotopic (exact) mass is 252 g/mol. The average molecular weight is 252 g/mol. The van der Waals surface area contributed by atoms with E-state index in [9.17, 15) is 9.36 Å². The van der Waals surface area contributed by atoms with Gasteiger partial charge in [-0.05, 0) is 26.7 Å². The Morgan fingerprint density at radius 3 is 2.19 bits per heavy atom. The molecule has 0 bridgehead atoms. The highest BCUT2D eigenvalue weighted by atomic mass is 31.2. The Morgan fingerprint density at radius 2 is 1.75 bits per heavy atom. The van der Waals surface area contributed by atoms with Crippen LogP contribution in [-0.2, 0) is 18.4 Å². The summed E-state index contributed by atoms with van der Waals surface area (Å²) in [6, 6.07) is 0. The number of aliphatic hydroxyl groups is 1. The summed E-state index contributed by atoms with van der Waals surface area (Å²) in [6.07, 6.45) is 1.33. The first-order valence-corrected chi connectivity index (χ1v) is 7.31. The molecule has 1 N–H and O–H groups in total. The molecule has 0 fully saturated rings. The van der Waals surface area contributed by atoms with Crippen LogP contribution in [0.25, 0.3) is 0 Å². The van der Waals surface area contributed by atoms with Crippen LogP contribution in [0.4, 0.5) is 0 Å². The van der Waals surface area contributed by atoms with Gasteiger partial charge >= 0.3 is 7.60 Å². The van der Waals surface area contributed by atoms with Gasteiger partial charge in [-0.3, -0.25) is 9.36 Å². The summed E-state index contributed by atoms with van der Waals surface area (Å²) < 4.78 is 22.0. The third-order valence-electron chi connectivity index (χ3n) is 1.89. The summed E-state index contributed by atoms with van der Waals surface area (Å²) in [6.45, 7) is 4.02. The highest BCUT2D eigenvalue weighted by molar-refractivity contribution is 7.54. The predicted molar refractivity (Wildman–Crippen MR) is 61.7 cm³/mol. The van der Waals surface area contributed by atoms with Crippen molar-refractivity contribution in [3.8, 4) is 0 Å². The molecule has 0 radical (unpaired) electrons. The fourth-order valence-corrected chi connectivity index (χ4v) is 2.88. The molecule has 0 aromatic rings. The minimum atomic E-state index is -3.24. The standard InChI is InChI=1S/C10H21O5P/c1-3-14-16(13,15-4-2)9-10(12)7-5-6-8-11/h11H,3-9H2,1-2H3. The quantitative estimate of drug-likeness (QED) is 0.475. The molecule has 0 saturated heterocycles. The molecule has 5 nitrogen and oxygen atoms in total. The molecule has 0 aromatic heterocycles. The van der Waals surface area contributed by atoms with Crippen LogP contribution in [-0.4, -0.2) is 36.9 Å². The van der Waals surface area contributed by atoms with Crippen LogP contribution in [0.3, 0.4) is 0 Å². The van der Waals surface area contributed by atoms with E-state index in [2.05, 4.69) is 0 Å². The lowest BCUT2D eigenvalue weighted by Crippen LogP contribution is -2.10. The zero-order valence-corrected chi connectivity index (χ0v) is 10.9. The van der Waals surface area contributed by atoms with E-state index >= 15 is 0 Å². The number of hydrogen-bond donors (Lipinski definition) is 1. The second kappa shape index (κ2) is 8.88. The molecule has 0 spiro atoms. The Kier molecular flexibility index (Phi) is 8.76.